The van der Waals surface area contributed by atoms with E-state index in [0.29, 0.717) is 6.42 Å². The van der Waals surface area contributed by atoms with Crippen molar-refractivity contribution in [2.24, 2.45) is 0 Å². The van der Waals surface area contributed by atoms with E-state index in [1.54, 1.807) is 0 Å². The van der Waals surface area contributed by atoms with Crippen molar-refractivity contribution >= 4 is 24.5 Å². The largest absolute Gasteiger partial charge is 0.480 e. The molecule has 0 aromatic heterocycles. The van der Waals surface area contributed by atoms with E-state index in [-0.39, 0.29) is 18.1 Å². The maximum atomic E-state index is 11.6. The maximum absolute atomic E-state index is 11.6. The number of nitrogens with one attached hydrogen (secondary N) is 1. The number of hydrogen-bond donors (Lipinski definition) is 3. The van der Waals surface area contributed by atoms with E-state index < -0.39 is 12.0 Å². The van der Waals surface area contributed by atoms with Crippen molar-refractivity contribution in [3.05, 3.63) is 72.9 Å². The monoisotopic (exact) mass is 431 g/mol. The Balaban J connectivity index is 3.70. The third-order valence-corrected chi connectivity index (χ3v) is 4.32. The van der Waals surface area contributed by atoms with Crippen molar-refractivity contribution < 1.29 is 14.7 Å². The van der Waals surface area contributed by atoms with Gasteiger partial charge < -0.3 is 10.4 Å². The molecule has 1 unspecified atom stereocenters. The average molecular weight is 432 g/mol. The van der Waals surface area contributed by atoms with Gasteiger partial charge in [0.25, 0.3) is 0 Å². The fourth-order valence-electron chi connectivity index (χ4n) is 2.31. The number of thiol groups is 1. The van der Waals surface area contributed by atoms with Crippen LogP contribution in [0.1, 0.15) is 58.3 Å². The third kappa shape index (κ3) is 19.1. The zero-order valence-corrected chi connectivity index (χ0v) is 19.0. The molecule has 0 aliphatic carbocycles. The normalized spacial score (nSPS) is 13.7. The Hall–Kier alpha value is -2.27. The third-order valence-electron chi connectivity index (χ3n) is 3.95. The summed E-state index contributed by atoms with van der Waals surface area (Å²) in [5, 5.41) is 11.3. The minimum Gasteiger partial charge on any atom is -0.480 e. The van der Waals surface area contributed by atoms with Gasteiger partial charge in [0.15, 0.2) is 0 Å². The van der Waals surface area contributed by atoms with Crippen molar-refractivity contribution in [2.75, 3.05) is 5.75 Å². The van der Waals surface area contributed by atoms with Crippen LogP contribution in [0.4, 0.5) is 0 Å². The fraction of sp³-hybridized carbons (Fsp3) is 0.440. The van der Waals surface area contributed by atoms with E-state index in [0.717, 1.165) is 38.5 Å². The van der Waals surface area contributed by atoms with Crippen molar-refractivity contribution in [3.63, 3.8) is 0 Å². The molecular formula is C25H37NO3S. The van der Waals surface area contributed by atoms with Gasteiger partial charge >= 0.3 is 5.97 Å². The fourth-order valence-corrected chi connectivity index (χ4v) is 2.55. The predicted molar refractivity (Wildman–Crippen MR) is 131 cm³/mol. The SMILES string of the molecule is CC/C=C/C/C=C/C/C=C/C/C=C/C/C=C/C/C=C/CCC(=O)NC(CS)C(=O)O. The minimum absolute atomic E-state index is 0.0843. The molecule has 0 fully saturated rings. The van der Waals surface area contributed by atoms with E-state index in [1.807, 2.05) is 12.2 Å². The molecule has 0 aliphatic heterocycles. The van der Waals surface area contributed by atoms with E-state index in [1.165, 1.54) is 0 Å². The summed E-state index contributed by atoms with van der Waals surface area (Å²) in [4.78, 5) is 22.4. The van der Waals surface area contributed by atoms with Gasteiger partial charge in [-0.05, 0) is 44.9 Å². The highest BCUT2D eigenvalue weighted by Gasteiger charge is 2.17. The van der Waals surface area contributed by atoms with Crippen LogP contribution in [-0.4, -0.2) is 28.8 Å². The molecule has 4 nitrogen and oxygen atoms in total. The molecule has 5 heteroatoms. The number of rotatable bonds is 17. The van der Waals surface area contributed by atoms with Gasteiger partial charge in [0.05, 0.1) is 0 Å². The summed E-state index contributed by atoms with van der Waals surface area (Å²) >= 11 is 3.91. The van der Waals surface area contributed by atoms with Crippen LogP contribution in [0.3, 0.4) is 0 Å². The zero-order valence-electron chi connectivity index (χ0n) is 18.1. The van der Waals surface area contributed by atoms with Crippen LogP contribution >= 0.6 is 12.6 Å². The lowest BCUT2D eigenvalue weighted by molar-refractivity contribution is -0.141. The summed E-state index contributed by atoms with van der Waals surface area (Å²) in [5.41, 5.74) is 0. The van der Waals surface area contributed by atoms with E-state index in [9.17, 15) is 9.59 Å². The summed E-state index contributed by atoms with van der Waals surface area (Å²) in [6.45, 7) is 2.14. The van der Waals surface area contributed by atoms with Gasteiger partial charge in [0, 0.05) is 12.2 Å². The molecule has 0 aromatic carbocycles. The smallest absolute Gasteiger partial charge is 0.327 e. The second-order valence-corrected chi connectivity index (χ2v) is 6.96. The van der Waals surface area contributed by atoms with Crippen molar-refractivity contribution in [1.82, 2.24) is 5.32 Å². The lowest BCUT2D eigenvalue weighted by Crippen LogP contribution is -2.41. The maximum Gasteiger partial charge on any atom is 0.327 e. The molecule has 30 heavy (non-hydrogen) atoms. The molecule has 0 aliphatic rings. The lowest BCUT2D eigenvalue weighted by Gasteiger charge is -2.10. The molecule has 1 amide bonds. The first-order chi connectivity index (χ1) is 14.6. The molecule has 0 heterocycles. The Morgan fingerprint density at radius 1 is 0.767 bits per heavy atom. The number of allylic oxidation sites excluding steroid dienone is 12. The molecule has 0 saturated carbocycles. The first-order valence-corrected chi connectivity index (χ1v) is 11.3. The van der Waals surface area contributed by atoms with Gasteiger partial charge in [-0.25, -0.2) is 4.79 Å². The zero-order chi connectivity index (χ0) is 22.3. The van der Waals surface area contributed by atoms with Crippen molar-refractivity contribution in [3.8, 4) is 0 Å². The molecule has 0 bridgehead atoms. The number of amides is 1. The Kier molecular flexibility index (Phi) is 19.8. The molecule has 166 valence electrons. The predicted octanol–water partition coefficient (Wildman–Crippen LogP) is 5.96. The van der Waals surface area contributed by atoms with Gasteiger partial charge in [-0.2, -0.15) is 12.6 Å². The van der Waals surface area contributed by atoms with Gasteiger partial charge in [0.1, 0.15) is 6.04 Å². The quantitative estimate of drug-likeness (QED) is 0.196. The number of carboxylic acids is 1. The van der Waals surface area contributed by atoms with Gasteiger partial charge in [-0.1, -0.05) is 79.8 Å². The molecule has 0 spiro atoms. The number of carbonyl (C=O) groups is 2. The Morgan fingerprint density at radius 3 is 1.53 bits per heavy atom. The van der Waals surface area contributed by atoms with Gasteiger partial charge in [-0.15, -0.1) is 0 Å². The van der Waals surface area contributed by atoms with Gasteiger partial charge in [0.2, 0.25) is 5.91 Å². The first kappa shape index (κ1) is 27.7. The molecule has 0 radical (unpaired) electrons. The van der Waals surface area contributed by atoms with Crippen LogP contribution in [0, 0.1) is 0 Å². The Bertz CT molecular complexity index is 630. The highest BCUT2D eigenvalue weighted by Crippen LogP contribution is 1.98. The van der Waals surface area contributed by atoms with Crippen LogP contribution in [0.5, 0.6) is 0 Å². The molecule has 0 aromatic rings. The van der Waals surface area contributed by atoms with Crippen molar-refractivity contribution in [2.45, 2.75) is 64.3 Å². The second-order valence-electron chi connectivity index (χ2n) is 6.59. The van der Waals surface area contributed by atoms with Crippen LogP contribution in [-0.2, 0) is 9.59 Å². The highest BCUT2D eigenvalue weighted by atomic mass is 32.1. The molecule has 0 rings (SSSR count). The topological polar surface area (TPSA) is 66.4 Å². The van der Waals surface area contributed by atoms with Gasteiger partial charge in [-0.3, -0.25) is 4.79 Å². The summed E-state index contributed by atoms with van der Waals surface area (Å²) in [5.74, 6) is -1.25. The number of carbonyl (C=O) groups excluding carboxylic acids is 1. The van der Waals surface area contributed by atoms with Crippen molar-refractivity contribution in [1.29, 1.82) is 0 Å². The average Bonchev–Trinajstić information content (AvgIpc) is 2.73. The molecular weight excluding hydrogens is 394 g/mol. The number of aliphatic carboxylic acids is 1. The molecule has 1 atom stereocenters. The molecule has 2 N–H and O–H groups in total. The van der Waals surface area contributed by atoms with Crippen LogP contribution in [0.25, 0.3) is 0 Å². The van der Waals surface area contributed by atoms with E-state index in [2.05, 4.69) is 85.6 Å². The minimum atomic E-state index is -1.06. The number of carboxylic acid groups (broad SMARTS) is 1. The lowest BCUT2D eigenvalue weighted by atomic mass is 10.2. The molecule has 0 saturated heterocycles. The first-order valence-electron chi connectivity index (χ1n) is 10.6. The van der Waals surface area contributed by atoms with E-state index >= 15 is 0 Å². The Morgan fingerprint density at radius 2 is 1.17 bits per heavy atom. The standard InChI is InChI=1S/C25H37NO3S/c1-2-3-4-5-6-7-8-9-10-11-12-13-14-15-16-17-18-19-20-21-24(27)26-23(22-30)25(28)29/h3-4,6-7,9-10,12-13,15-16,18-19,23,30H,2,5,8,11,14,17,20-22H2,1H3,(H,26,27)(H,28,29)/b4-3+,7-6+,10-9+,13-12+,16-15+,19-18+. The Labute approximate surface area is 187 Å². The number of hydrogen-bond acceptors (Lipinski definition) is 3. The highest BCUT2D eigenvalue weighted by molar-refractivity contribution is 7.80. The van der Waals surface area contributed by atoms with Crippen LogP contribution < -0.4 is 5.32 Å². The van der Waals surface area contributed by atoms with E-state index in [4.69, 9.17) is 5.11 Å². The summed E-state index contributed by atoms with van der Waals surface area (Å²) in [6.07, 6.45) is 32.3. The second kappa shape index (κ2) is 21.4. The summed E-state index contributed by atoms with van der Waals surface area (Å²) in [6, 6.07) is -0.925. The summed E-state index contributed by atoms with van der Waals surface area (Å²) in [7, 11) is 0. The van der Waals surface area contributed by atoms with Crippen LogP contribution in [0.15, 0.2) is 72.9 Å². The summed E-state index contributed by atoms with van der Waals surface area (Å²) < 4.78 is 0. The van der Waals surface area contributed by atoms with Crippen LogP contribution in [0.2, 0.25) is 0 Å².